The Hall–Kier alpha value is -4.79. The molecule has 1 saturated heterocycles. The Balaban J connectivity index is 1.28. The number of methoxy groups -OCH3 is 1. The van der Waals surface area contributed by atoms with Gasteiger partial charge in [0.15, 0.2) is 6.04 Å². The number of benzene rings is 3. The van der Waals surface area contributed by atoms with E-state index < -0.39 is 45.7 Å². The normalized spacial score (nSPS) is 16.1. The third-order valence-electron chi connectivity index (χ3n) is 9.93. The number of urea groups is 1. The van der Waals surface area contributed by atoms with Crippen molar-refractivity contribution in [2.75, 3.05) is 25.5 Å². The van der Waals surface area contributed by atoms with Crippen molar-refractivity contribution in [3.05, 3.63) is 88.9 Å². The first-order valence-electron chi connectivity index (χ1n) is 19.3. The molecule has 4 amide bonds. The van der Waals surface area contributed by atoms with Gasteiger partial charge >= 0.3 is 6.03 Å². The van der Waals surface area contributed by atoms with Crippen molar-refractivity contribution in [2.24, 2.45) is 5.10 Å². The Bertz CT molecular complexity index is 1980. The number of rotatable bonds is 22. The number of nitrogens with one attached hydrogen (secondary N) is 3. The lowest BCUT2D eigenvalue weighted by atomic mass is 9.97. The van der Waals surface area contributed by atoms with Crippen LogP contribution in [0.25, 0.3) is 0 Å². The average molecular weight is 807 g/mol. The number of sulfonamides is 1. The Morgan fingerprint density at radius 3 is 2.25 bits per heavy atom. The predicted octanol–water partition coefficient (Wildman–Crippen LogP) is 6.98. The van der Waals surface area contributed by atoms with E-state index in [-0.39, 0.29) is 47.4 Å². The molecule has 3 N–H and O–H groups in total. The molecule has 0 spiro atoms. The summed E-state index contributed by atoms with van der Waals surface area (Å²) in [7, 11) is -2.44. The topological polar surface area (TPSA) is 167 Å². The molecule has 56 heavy (non-hydrogen) atoms. The smallest absolute Gasteiger partial charge is 0.328 e. The van der Waals surface area contributed by atoms with Crippen LogP contribution >= 0.6 is 11.6 Å². The van der Waals surface area contributed by atoms with Crippen LogP contribution in [0, 0.1) is 0 Å². The minimum absolute atomic E-state index is 0.0117. The van der Waals surface area contributed by atoms with Crippen LogP contribution in [-0.4, -0.2) is 73.8 Å². The molecule has 3 aromatic carbocycles. The lowest BCUT2D eigenvalue weighted by Crippen LogP contribution is -2.54. The first-order valence-corrected chi connectivity index (χ1v) is 21.1. The second kappa shape index (κ2) is 20.4. The number of carbonyl (C=O) groups excluding carboxylic acids is 4. The van der Waals surface area contributed by atoms with Gasteiger partial charge < -0.3 is 20.4 Å². The Morgan fingerprint density at radius 2 is 1.59 bits per heavy atom. The van der Waals surface area contributed by atoms with Gasteiger partial charge in [-0.2, -0.15) is 5.10 Å². The summed E-state index contributed by atoms with van der Waals surface area (Å²) in [5, 5.41) is 6.75. The number of amides is 4. The molecule has 2 aliphatic rings. The van der Waals surface area contributed by atoms with Crippen LogP contribution in [0.2, 0.25) is 5.02 Å². The minimum Gasteiger partial charge on any atom is -0.497 e. The van der Waals surface area contributed by atoms with E-state index in [1.807, 2.05) is 18.2 Å². The number of ketones is 1. The van der Waals surface area contributed by atoms with Gasteiger partial charge in [0, 0.05) is 19.5 Å². The van der Waals surface area contributed by atoms with E-state index in [0.717, 1.165) is 30.4 Å². The SMILES string of the molecule is CCCCCCCCCCCCNS(=O)(=O)c1ccc(Cl)c(NC(=O)C(C(=O)C2=NNC(c3ccc(OC)cc3)C2)N2C(=O)CN(Cc3ccccc3)C2=O)c1. The van der Waals surface area contributed by atoms with E-state index in [1.54, 1.807) is 43.5 Å². The molecule has 0 saturated carbocycles. The van der Waals surface area contributed by atoms with Crippen molar-refractivity contribution in [2.45, 2.75) is 101 Å². The lowest BCUT2D eigenvalue weighted by Gasteiger charge is -2.25. The number of ether oxygens (including phenoxy) is 1. The molecule has 3 aromatic rings. The van der Waals surface area contributed by atoms with Crippen molar-refractivity contribution in [3.8, 4) is 5.75 Å². The van der Waals surface area contributed by atoms with Gasteiger partial charge in [-0.15, -0.1) is 0 Å². The summed E-state index contributed by atoms with van der Waals surface area (Å²) in [6.07, 6.45) is 11.2. The Kier molecular flexibility index (Phi) is 15.4. The van der Waals surface area contributed by atoms with Crippen molar-refractivity contribution in [3.63, 3.8) is 0 Å². The van der Waals surface area contributed by atoms with E-state index in [0.29, 0.717) is 17.1 Å². The van der Waals surface area contributed by atoms with Crippen LogP contribution in [0.5, 0.6) is 5.75 Å². The number of hydrazone groups is 1. The third kappa shape index (κ3) is 11.2. The summed E-state index contributed by atoms with van der Waals surface area (Å²) in [5.41, 5.74) is 4.30. The molecule has 0 bridgehead atoms. The number of halogens is 1. The zero-order valence-electron chi connectivity index (χ0n) is 32.0. The van der Waals surface area contributed by atoms with Crippen LogP contribution < -0.4 is 20.2 Å². The fraction of sp³-hybridized carbons (Fsp3) is 0.439. The highest BCUT2D eigenvalue weighted by Crippen LogP contribution is 2.29. The summed E-state index contributed by atoms with van der Waals surface area (Å²) in [6, 6.07) is 16.8. The van der Waals surface area contributed by atoms with Gasteiger partial charge in [-0.1, -0.05) is 119 Å². The minimum atomic E-state index is -3.99. The third-order valence-corrected chi connectivity index (χ3v) is 11.7. The van der Waals surface area contributed by atoms with E-state index in [1.165, 1.54) is 61.6 Å². The second-order valence-corrected chi connectivity index (χ2v) is 16.3. The summed E-state index contributed by atoms with van der Waals surface area (Å²) in [4.78, 5) is 57.4. The molecule has 0 aromatic heterocycles. The number of hydrogen-bond donors (Lipinski definition) is 3. The molecule has 1 fully saturated rings. The average Bonchev–Trinajstić information content (AvgIpc) is 3.79. The van der Waals surface area contributed by atoms with Gasteiger partial charge in [0.25, 0.3) is 11.8 Å². The van der Waals surface area contributed by atoms with Gasteiger partial charge in [0.05, 0.1) is 28.8 Å². The fourth-order valence-electron chi connectivity index (χ4n) is 6.75. The summed E-state index contributed by atoms with van der Waals surface area (Å²) < 4.78 is 34.4. The molecule has 2 unspecified atom stereocenters. The molecule has 13 nitrogen and oxygen atoms in total. The van der Waals surface area contributed by atoms with E-state index in [4.69, 9.17) is 16.3 Å². The van der Waals surface area contributed by atoms with Crippen molar-refractivity contribution in [1.29, 1.82) is 0 Å². The number of carbonyl (C=O) groups is 4. The number of nitrogens with zero attached hydrogens (tertiary/aromatic N) is 3. The van der Waals surface area contributed by atoms with Gasteiger partial charge in [-0.05, 0) is 47.9 Å². The summed E-state index contributed by atoms with van der Waals surface area (Å²) in [6.45, 7) is 2.16. The highest BCUT2D eigenvalue weighted by atomic mass is 35.5. The van der Waals surface area contributed by atoms with Crippen LogP contribution in [0.3, 0.4) is 0 Å². The molecular formula is C41H51ClN6O7S. The second-order valence-electron chi connectivity index (χ2n) is 14.1. The van der Waals surface area contributed by atoms with Gasteiger partial charge in [0.2, 0.25) is 15.8 Å². The molecule has 300 valence electrons. The van der Waals surface area contributed by atoms with Crippen LogP contribution in [0.1, 0.15) is 94.7 Å². The molecule has 0 aliphatic carbocycles. The Morgan fingerprint density at radius 1 is 0.929 bits per heavy atom. The molecular weight excluding hydrogens is 756 g/mol. The van der Waals surface area contributed by atoms with Crippen LogP contribution in [-0.2, 0) is 31.0 Å². The van der Waals surface area contributed by atoms with Gasteiger partial charge in [-0.3, -0.25) is 14.4 Å². The molecule has 5 rings (SSSR count). The van der Waals surface area contributed by atoms with Crippen molar-refractivity contribution >= 4 is 56.7 Å². The zero-order chi connectivity index (χ0) is 40.1. The van der Waals surface area contributed by atoms with Crippen molar-refractivity contribution in [1.82, 2.24) is 19.9 Å². The van der Waals surface area contributed by atoms with Crippen LogP contribution in [0.4, 0.5) is 10.5 Å². The number of anilines is 1. The Labute approximate surface area is 334 Å². The summed E-state index contributed by atoms with van der Waals surface area (Å²) >= 11 is 6.45. The number of imide groups is 1. The molecule has 2 aliphatic heterocycles. The standard InChI is InChI=1S/C41H51ClN6O7S/c1-3-4-5-6-7-8-9-10-11-15-24-43-56(53,54)32-22-23-33(42)35(25-32)44-40(51)38(48-37(49)28-47(41(48)52)27-29-16-13-12-14-17-29)39(50)36-26-34(45-46-36)30-18-20-31(55-2)21-19-30/h12-14,16-23,25,34,38,43,45H,3-11,15,24,26-28H2,1-2H3,(H,44,51). The van der Waals surface area contributed by atoms with E-state index >= 15 is 0 Å². The molecule has 2 atom stereocenters. The maximum Gasteiger partial charge on any atom is 0.328 e. The lowest BCUT2D eigenvalue weighted by molar-refractivity contribution is -0.137. The highest BCUT2D eigenvalue weighted by molar-refractivity contribution is 7.89. The largest absolute Gasteiger partial charge is 0.497 e. The fourth-order valence-corrected chi connectivity index (χ4v) is 8.02. The molecule has 15 heteroatoms. The monoisotopic (exact) mass is 806 g/mol. The van der Waals surface area contributed by atoms with Crippen molar-refractivity contribution < 1.29 is 32.3 Å². The summed E-state index contributed by atoms with van der Waals surface area (Å²) in [5.74, 6) is -2.03. The maximum atomic E-state index is 14.2. The van der Waals surface area contributed by atoms with Gasteiger partial charge in [0.1, 0.15) is 18.0 Å². The predicted molar refractivity (Wildman–Crippen MR) is 216 cm³/mol. The number of Topliss-reactive ketones (excluding diaryl/α,β-unsaturated/α-hetero) is 1. The zero-order valence-corrected chi connectivity index (χ0v) is 33.5. The highest BCUT2D eigenvalue weighted by Gasteiger charge is 2.48. The number of hydrogen-bond acceptors (Lipinski definition) is 9. The van der Waals surface area contributed by atoms with Crippen LogP contribution in [0.15, 0.2) is 82.8 Å². The number of unbranched alkanes of at least 4 members (excludes halogenated alkanes) is 9. The first kappa shape index (κ1) is 42.4. The molecule has 0 radical (unpaired) electrons. The van der Waals surface area contributed by atoms with Gasteiger partial charge in [-0.25, -0.2) is 22.8 Å². The quantitative estimate of drug-likeness (QED) is 0.0556. The molecule has 2 heterocycles. The van der Waals surface area contributed by atoms with E-state index in [2.05, 4.69) is 27.5 Å². The first-order chi connectivity index (χ1) is 27.0. The van der Waals surface area contributed by atoms with E-state index in [9.17, 15) is 27.6 Å². The maximum absolute atomic E-state index is 14.2.